The van der Waals surface area contributed by atoms with Crippen LogP contribution >= 0.6 is 0 Å². The normalized spacial score (nSPS) is 17.8. The zero-order valence-corrected chi connectivity index (χ0v) is 17.0. The second kappa shape index (κ2) is 8.45. The zero-order valence-electron chi connectivity index (χ0n) is 17.0. The van der Waals surface area contributed by atoms with Gasteiger partial charge in [0.15, 0.2) is 11.5 Å². The van der Waals surface area contributed by atoms with Gasteiger partial charge in [-0.2, -0.15) is 0 Å². The number of ether oxygens (including phenoxy) is 2. The fourth-order valence-corrected chi connectivity index (χ4v) is 3.29. The predicted octanol–water partition coefficient (Wildman–Crippen LogP) is 5.86. The maximum absolute atomic E-state index is 12.5. The summed E-state index contributed by atoms with van der Waals surface area (Å²) in [6.45, 7) is 0. The van der Waals surface area contributed by atoms with Crippen molar-refractivity contribution in [1.29, 1.82) is 0 Å². The molecule has 1 aliphatic rings. The van der Waals surface area contributed by atoms with Crippen molar-refractivity contribution in [2.45, 2.75) is 18.4 Å². The Morgan fingerprint density at radius 1 is 0.765 bits per heavy atom. The molecule has 0 aromatic heterocycles. The molecule has 1 atom stereocenters. The summed E-state index contributed by atoms with van der Waals surface area (Å²) in [5, 5.41) is 6.09. The molecule has 4 rings (SSSR count). The number of anilines is 2. The molecule has 3 aromatic rings. The number of fused-ring (bicyclic) bond motifs is 1. The van der Waals surface area contributed by atoms with Crippen LogP contribution in [0.5, 0.6) is 11.5 Å². The zero-order chi connectivity index (χ0) is 24.6. The fraction of sp³-hybridized carbons (Fsp3) is 0.136. The van der Waals surface area contributed by atoms with E-state index in [0.717, 1.165) is 24.3 Å². The first kappa shape index (κ1) is 23.2. The van der Waals surface area contributed by atoms with Crippen LogP contribution < -0.4 is 25.8 Å². The number of aliphatic imine (C=N–C) groups is 1. The van der Waals surface area contributed by atoms with Gasteiger partial charge in [0.2, 0.25) is 0 Å². The summed E-state index contributed by atoms with van der Waals surface area (Å²) in [4.78, 5) is 4.53. The van der Waals surface area contributed by atoms with E-state index in [9.17, 15) is 26.3 Å². The minimum absolute atomic E-state index is 0.153. The van der Waals surface area contributed by atoms with E-state index in [4.69, 9.17) is 5.73 Å². The Balaban J connectivity index is 1.66. The van der Waals surface area contributed by atoms with Crippen molar-refractivity contribution in [3.63, 3.8) is 0 Å². The van der Waals surface area contributed by atoms with Crippen molar-refractivity contribution in [1.82, 2.24) is 0 Å². The van der Waals surface area contributed by atoms with Crippen molar-refractivity contribution < 1.29 is 35.8 Å². The lowest BCUT2D eigenvalue weighted by atomic mass is 9.95. The molecule has 0 radical (unpaired) electrons. The van der Waals surface area contributed by atoms with Gasteiger partial charge in [-0.3, -0.25) is 5.73 Å². The third kappa shape index (κ3) is 5.34. The van der Waals surface area contributed by atoms with E-state index < -0.39 is 29.9 Å². The number of amidine groups is 1. The van der Waals surface area contributed by atoms with Crippen molar-refractivity contribution in [2.75, 3.05) is 10.6 Å². The SMILES string of the molecule is NC1(c2ccc(OC(F)(F)F)cc2)Nc2ccccc2N=C1Nc1ccc(OC(F)(F)F)cc1. The number of hydrogen-bond acceptors (Lipinski definition) is 6. The van der Waals surface area contributed by atoms with E-state index in [2.05, 4.69) is 25.1 Å². The summed E-state index contributed by atoms with van der Waals surface area (Å²) in [7, 11) is 0. The van der Waals surface area contributed by atoms with Crippen LogP contribution in [-0.4, -0.2) is 18.6 Å². The lowest BCUT2D eigenvalue weighted by Gasteiger charge is -2.37. The second-order valence-corrected chi connectivity index (χ2v) is 7.18. The molecule has 0 saturated carbocycles. The van der Waals surface area contributed by atoms with Gasteiger partial charge in [-0.25, -0.2) is 4.99 Å². The maximum Gasteiger partial charge on any atom is 0.573 e. The van der Waals surface area contributed by atoms with Gasteiger partial charge in [0.1, 0.15) is 11.5 Å². The van der Waals surface area contributed by atoms with Crippen LogP contribution in [0.3, 0.4) is 0 Å². The van der Waals surface area contributed by atoms with Crippen LogP contribution in [0.25, 0.3) is 0 Å². The Labute approximate surface area is 189 Å². The molecular formula is C22H16F6N4O2. The summed E-state index contributed by atoms with van der Waals surface area (Å²) in [6.07, 6.45) is -9.68. The molecule has 178 valence electrons. The van der Waals surface area contributed by atoms with Gasteiger partial charge < -0.3 is 20.1 Å². The number of nitrogens with zero attached hydrogens (tertiary/aromatic N) is 1. The van der Waals surface area contributed by atoms with Gasteiger partial charge in [0, 0.05) is 5.69 Å². The second-order valence-electron chi connectivity index (χ2n) is 7.18. The molecule has 12 heteroatoms. The Morgan fingerprint density at radius 3 is 1.85 bits per heavy atom. The highest BCUT2D eigenvalue weighted by molar-refractivity contribution is 6.08. The first-order chi connectivity index (χ1) is 15.9. The van der Waals surface area contributed by atoms with E-state index >= 15 is 0 Å². The number of halogens is 6. The number of nitrogens with one attached hydrogen (secondary N) is 2. The Bertz CT molecular complexity index is 1190. The van der Waals surface area contributed by atoms with Crippen molar-refractivity contribution in [3.05, 3.63) is 78.4 Å². The van der Waals surface area contributed by atoms with Crippen LogP contribution in [0.4, 0.5) is 43.4 Å². The summed E-state index contributed by atoms with van der Waals surface area (Å²) in [5.41, 5.74) is 6.91. The van der Waals surface area contributed by atoms with E-state index in [-0.39, 0.29) is 5.84 Å². The number of benzene rings is 3. The molecule has 1 unspecified atom stereocenters. The summed E-state index contributed by atoms with van der Waals surface area (Å²) < 4.78 is 82.5. The molecule has 0 saturated heterocycles. The molecule has 0 spiro atoms. The van der Waals surface area contributed by atoms with Gasteiger partial charge in [-0.05, 0) is 54.1 Å². The van der Waals surface area contributed by atoms with Gasteiger partial charge in [0.25, 0.3) is 0 Å². The smallest absolute Gasteiger partial charge is 0.406 e. The number of rotatable bonds is 4. The summed E-state index contributed by atoms with van der Waals surface area (Å²) in [6, 6.07) is 16.8. The van der Waals surface area contributed by atoms with Gasteiger partial charge in [-0.15, -0.1) is 26.3 Å². The lowest BCUT2D eigenvalue weighted by Crippen LogP contribution is -2.55. The number of hydrogen-bond donors (Lipinski definition) is 3. The molecule has 0 fully saturated rings. The van der Waals surface area contributed by atoms with Crippen molar-refractivity contribution in [2.24, 2.45) is 10.7 Å². The average Bonchev–Trinajstić information content (AvgIpc) is 2.74. The Hall–Kier alpha value is -3.93. The largest absolute Gasteiger partial charge is 0.573 e. The molecule has 0 amide bonds. The molecule has 1 aliphatic heterocycles. The number of para-hydroxylation sites is 2. The molecule has 34 heavy (non-hydrogen) atoms. The predicted molar refractivity (Wildman–Crippen MR) is 113 cm³/mol. The highest BCUT2D eigenvalue weighted by atomic mass is 19.4. The fourth-order valence-electron chi connectivity index (χ4n) is 3.29. The first-order valence-corrected chi connectivity index (χ1v) is 9.66. The molecule has 1 heterocycles. The molecule has 0 bridgehead atoms. The third-order valence-corrected chi connectivity index (χ3v) is 4.74. The first-order valence-electron chi connectivity index (χ1n) is 9.66. The van der Waals surface area contributed by atoms with Gasteiger partial charge in [0.05, 0.1) is 11.4 Å². The monoisotopic (exact) mass is 482 g/mol. The van der Waals surface area contributed by atoms with Crippen LogP contribution in [0.1, 0.15) is 5.56 Å². The van der Waals surface area contributed by atoms with Gasteiger partial charge in [-0.1, -0.05) is 24.3 Å². The van der Waals surface area contributed by atoms with Crippen molar-refractivity contribution in [3.8, 4) is 11.5 Å². The Kier molecular flexibility index (Phi) is 5.77. The van der Waals surface area contributed by atoms with Crippen LogP contribution in [0, 0.1) is 0 Å². The van der Waals surface area contributed by atoms with Crippen LogP contribution in [0.15, 0.2) is 77.8 Å². The highest BCUT2D eigenvalue weighted by Crippen LogP contribution is 2.37. The molecule has 6 nitrogen and oxygen atoms in total. The minimum Gasteiger partial charge on any atom is -0.406 e. The van der Waals surface area contributed by atoms with Crippen molar-refractivity contribution >= 4 is 22.9 Å². The molecule has 0 aliphatic carbocycles. The lowest BCUT2D eigenvalue weighted by molar-refractivity contribution is -0.275. The summed E-state index contributed by atoms with van der Waals surface area (Å²) in [5.74, 6) is -0.686. The van der Waals surface area contributed by atoms with Gasteiger partial charge >= 0.3 is 12.7 Å². The van der Waals surface area contributed by atoms with E-state index in [1.807, 2.05) is 0 Å². The molecular weight excluding hydrogens is 466 g/mol. The standard InChI is InChI=1S/C22H16F6N4O2/c23-21(24,25)33-15-9-5-13(6-10-15)20(29)19(31-17-3-1-2-4-18(17)32-20)30-14-7-11-16(12-8-14)34-22(26,27)28/h1-12,32H,29H2,(H,30,31). The average molecular weight is 482 g/mol. The van der Waals surface area contributed by atoms with E-state index in [0.29, 0.717) is 22.6 Å². The molecule has 3 aromatic carbocycles. The summed E-state index contributed by atoms with van der Waals surface area (Å²) >= 11 is 0. The topological polar surface area (TPSA) is 80.9 Å². The Morgan fingerprint density at radius 2 is 1.29 bits per heavy atom. The quantitative estimate of drug-likeness (QED) is 0.406. The minimum atomic E-state index is -4.85. The molecule has 4 N–H and O–H groups in total. The number of alkyl halides is 6. The van der Waals surface area contributed by atoms with Crippen LogP contribution in [-0.2, 0) is 5.66 Å². The number of nitrogens with two attached hydrogens (primary N) is 1. The third-order valence-electron chi connectivity index (χ3n) is 4.74. The van der Waals surface area contributed by atoms with Crippen LogP contribution in [0.2, 0.25) is 0 Å². The van der Waals surface area contributed by atoms with E-state index in [1.165, 1.54) is 24.3 Å². The highest BCUT2D eigenvalue weighted by Gasteiger charge is 2.38. The van der Waals surface area contributed by atoms with E-state index in [1.54, 1.807) is 24.3 Å². The maximum atomic E-state index is 12.5.